The minimum absolute atomic E-state index is 0.309. The van der Waals surface area contributed by atoms with E-state index in [-0.39, 0.29) is 5.63 Å². The molecular weight excluding hydrogens is 374 g/mol. The number of carbonyl (C=O) groups excluding carboxylic acids is 1. The molecule has 1 aromatic carbocycles. The van der Waals surface area contributed by atoms with Crippen LogP contribution in [0.4, 0.5) is 0 Å². The third-order valence-electron chi connectivity index (χ3n) is 5.47. The van der Waals surface area contributed by atoms with E-state index in [1.54, 1.807) is 19.9 Å². The third-order valence-corrected chi connectivity index (χ3v) is 5.47. The zero-order valence-electron chi connectivity index (χ0n) is 17.0. The maximum Gasteiger partial charge on any atom is 0.339 e. The topological polar surface area (TPSA) is 106 Å². The lowest BCUT2D eigenvalue weighted by Gasteiger charge is -2.20. The van der Waals surface area contributed by atoms with Crippen molar-refractivity contribution in [3.05, 3.63) is 39.2 Å². The number of hydrogen-bond donors (Lipinski definition) is 2. The zero-order chi connectivity index (χ0) is 21.1. The van der Waals surface area contributed by atoms with Crippen molar-refractivity contribution < 1.29 is 23.8 Å². The van der Waals surface area contributed by atoms with Crippen LogP contribution in [0.15, 0.2) is 21.3 Å². The minimum atomic E-state index is -1.06. The van der Waals surface area contributed by atoms with Crippen LogP contribution in [0, 0.1) is 6.92 Å². The van der Waals surface area contributed by atoms with Crippen molar-refractivity contribution in [3.63, 3.8) is 0 Å². The highest BCUT2D eigenvalue weighted by Crippen LogP contribution is 2.33. The summed E-state index contributed by atoms with van der Waals surface area (Å²) in [6.45, 7) is 5.31. The molecular formula is C22H27NO6. The van der Waals surface area contributed by atoms with Gasteiger partial charge in [0.1, 0.15) is 17.4 Å². The number of fused-ring (bicyclic) bond motifs is 3. The second kappa shape index (κ2) is 8.68. The number of unbranched alkanes of at least 4 members (excludes halogenated alkanes) is 1. The Morgan fingerprint density at radius 1 is 1.28 bits per heavy atom. The number of carboxylic acids is 1. The number of carboxylic acid groups (broad SMARTS) is 1. The van der Waals surface area contributed by atoms with Gasteiger partial charge in [0.15, 0.2) is 6.10 Å². The van der Waals surface area contributed by atoms with E-state index in [4.69, 9.17) is 9.15 Å². The number of hydrogen-bond acceptors (Lipinski definition) is 5. The van der Waals surface area contributed by atoms with Gasteiger partial charge in [0.25, 0.3) is 5.91 Å². The summed E-state index contributed by atoms with van der Waals surface area (Å²) in [5.74, 6) is -1.12. The van der Waals surface area contributed by atoms with Crippen molar-refractivity contribution in [2.75, 3.05) is 0 Å². The second-order valence-electron chi connectivity index (χ2n) is 7.57. The summed E-state index contributed by atoms with van der Waals surface area (Å²) < 4.78 is 11.3. The van der Waals surface area contributed by atoms with Gasteiger partial charge in [0.05, 0.1) is 0 Å². The average Bonchev–Trinajstić information content (AvgIpc) is 3.18. The van der Waals surface area contributed by atoms with Crippen molar-refractivity contribution in [3.8, 4) is 5.75 Å². The fraction of sp³-hybridized carbons (Fsp3) is 0.500. The molecule has 1 amide bonds. The van der Waals surface area contributed by atoms with Crippen molar-refractivity contribution in [2.45, 2.75) is 71.4 Å². The molecule has 2 atom stereocenters. The molecule has 0 aliphatic heterocycles. The standard InChI is InChI=1S/C22H27NO6/c1-4-5-9-17(21(25)26)23-20(24)13(3)28-18-11-10-15-14-7-6-8-16(14)22(27)29-19(15)12(18)2/h10-11,13,17H,4-9H2,1-3H3,(H,23,24)(H,25,26)/t13-,17+/m1/s1. The highest BCUT2D eigenvalue weighted by Gasteiger charge is 2.25. The van der Waals surface area contributed by atoms with Crippen molar-refractivity contribution in [2.24, 2.45) is 0 Å². The Balaban J connectivity index is 1.80. The van der Waals surface area contributed by atoms with E-state index >= 15 is 0 Å². The quantitative estimate of drug-likeness (QED) is 0.659. The van der Waals surface area contributed by atoms with Crippen LogP contribution < -0.4 is 15.7 Å². The van der Waals surface area contributed by atoms with Crippen LogP contribution in [0.25, 0.3) is 11.0 Å². The predicted octanol–water partition coefficient (Wildman–Crippen LogP) is 3.12. The maximum atomic E-state index is 12.4. The van der Waals surface area contributed by atoms with Crippen LogP contribution in [0.5, 0.6) is 5.75 Å². The first-order valence-electron chi connectivity index (χ1n) is 10.1. The van der Waals surface area contributed by atoms with Gasteiger partial charge in [-0.05, 0) is 57.2 Å². The Morgan fingerprint density at radius 3 is 2.69 bits per heavy atom. The Kier molecular flexibility index (Phi) is 6.25. The number of rotatable bonds is 8. The highest BCUT2D eigenvalue weighted by atomic mass is 16.5. The molecule has 1 heterocycles. The number of aliphatic carboxylic acids is 1. The Labute approximate surface area is 169 Å². The summed E-state index contributed by atoms with van der Waals surface area (Å²) in [6.07, 6.45) is 3.56. The molecule has 7 nitrogen and oxygen atoms in total. The summed E-state index contributed by atoms with van der Waals surface area (Å²) in [6, 6.07) is 2.69. The number of carbonyl (C=O) groups is 2. The molecule has 0 bridgehead atoms. The number of aryl methyl sites for hydroxylation is 2. The van der Waals surface area contributed by atoms with E-state index < -0.39 is 24.0 Å². The number of nitrogens with one attached hydrogen (secondary N) is 1. The Bertz CT molecular complexity index is 993. The van der Waals surface area contributed by atoms with Crippen LogP contribution in [0.1, 0.15) is 56.2 Å². The van der Waals surface area contributed by atoms with Crippen LogP contribution in [-0.4, -0.2) is 29.1 Å². The van der Waals surface area contributed by atoms with Gasteiger partial charge in [0.2, 0.25) is 0 Å². The van der Waals surface area contributed by atoms with E-state index in [0.717, 1.165) is 42.2 Å². The molecule has 1 aliphatic carbocycles. The normalized spacial score (nSPS) is 15.0. The molecule has 0 saturated heterocycles. The van der Waals surface area contributed by atoms with E-state index in [9.17, 15) is 19.5 Å². The summed E-state index contributed by atoms with van der Waals surface area (Å²) in [7, 11) is 0. The Hall–Kier alpha value is -2.83. The van der Waals surface area contributed by atoms with Gasteiger partial charge < -0.3 is 19.6 Å². The number of ether oxygens (including phenoxy) is 1. The monoisotopic (exact) mass is 401 g/mol. The van der Waals surface area contributed by atoms with Crippen LogP contribution in [0.3, 0.4) is 0 Å². The van der Waals surface area contributed by atoms with Crippen LogP contribution >= 0.6 is 0 Å². The van der Waals surface area contributed by atoms with Crippen molar-refractivity contribution >= 4 is 22.8 Å². The summed E-state index contributed by atoms with van der Waals surface area (Å²) in [5.41, 5.74) is 2.61. The van der Waals surface area contributed by atoms with E-state index in [1.807, 2.05) is 13.0 Å². The zero-order valence-corrected chi connectivity index (χ0v) is 17.0. The minimum Gasteiger partial charge on any atom is -0.480 e. The fourth-order valence-corrected chi connectivity index (χ4v) is 3.79. The van der Waals surface area contributed by atoms with E-state index in [1.165, 1.54) is 0 Å². The first kappa shape index (κ1) is 20.9. The van der Waals surface area contributed by atoms with Crippen molar-refractivity contribution in [1.29, 1.82) is 0 Å². The lowest BCUT2D eigenvalue weighted by Crippen LogP contribution is -2.46. The van der Waals surface area contributed by atoms with Crippen LogP contribution in [0.2, 0.25) is 0 Å². The predicted molar refractivity (Wildman–Crippen MR) is 108 cm³/mol. The summed E-state index contributed by atoms with van der Waals surface area (Å²) in [4.78, 5) is 36.0. The van der Waals surface area contributed by atoms with Gasteiger partial charge in [-0.15, -0.1) is 0 Å². The van der Waals surface area contributed by atoms with Gasteiger partial charge in [-0.25, -0.2) is 9.59 Å². The van der Waals surface area contributed by atoms with E-state index in [0.29, 0.717) is 29.7 Å². The number of benzene rings is 1. The smallest absolute Gasteiger partial charge is 0.339 e. The fourth-order valence-electron chi connectivity index (χ4n) is 3.79. The largest absolute Gasteiger partial charge is 0.480 e. The molecule has 0 radical (unpaired) electrons. The van der Waals surface area contributed by atoms with Crippen LogP contribution in [-0.2, 0) is 22.4 Å². The van der Waals surface area contributed by atoms with Gasteiger partial charge in [-0.1, -0.05) is 19.8 Å². The molecule has 0 unspecified atom stereocenters. The molecule has 0 spiro atoms. The van der Waals surface area contributed by atoms with E-state index in [2.05, 4.69) is 5.32 Å². The molecule has 1 aliphatic rings. The molecule has 2 aromatic rings. The molecule has 156 valence electrons. The van der Waals surface area contributed by atoms with Crippen molar-refractivity contribution in [1.82, 2.24) is 5.32 Å². The molecule has 3 rings (SSSR count). The van der Waals surface area contributed by atoms with Gasteiger partial charge in [-0.3, -0.25) is 4.79 Å². The average molecular weight is 401 g/mol. The Morgan fingerprint density at radius 2 is 2.00 bits per heavy atom. The SMILES string of the molecule is CCCC[C@H](NC(=O)[C@@H](C)Oc1ccc2c3c(c(=O)oc2c1C)CCC3)C(=O)O. The lowest BCUT2D eigenvalue weighted by molar-refractivity contribution is -0.143. The number of amides is 1. The molecule has 29 heavy (non-hydrogen) atoms. The van der Waals surface area contributed by atoms with Gasteiger partial charge >= 0.3 is 11.6 Å². The van der Waals surface area contributed by atoms with Gasteiger partial charge in [-0.2, -0.15) is 0 Å². The molecule has 7 heteroatoms. The lowest BCUT2D eigenvalue weighted by atomic mass is 10.0. The molecule has 1 aromatic heterocycles. The first-order chi connectivity index (χ1) is 13.8. The second-order valence-corrected chi connectivity index (χ2v) is 7.57. The summed E-state index contributed by atoms with van der Waals surface area (Å²) in [5, 5.41) is 12.7. The highest BCUT2D eigenvalue weighted by molar-refractivity contribution is 5.88. The maximum absolute atomic E-state index is 12.4. The third kappa shape index (κ3) is 4.28. The first-order valence-corrected chi connectivity index (χ1v) is 10.1. The molecule has 0 fully saturated rings. The summed E-state index contributed by atoms with van der Waals surface area (Å²) >= 11 is 0. The molecule has 0 saturated carbocycles. The molecule has 2 N–H and O–H groups in total. The van der Waals surface area contributed by atoms with Gasteiger partial charge in [0, 0.05) is 16.5 Å².